The summed E-state index contributed by atoms with van der Waals surface area (Å²) >= 11 is 2.90. The van der Waals surface area contributed by atoms with E-state index in [0.717, 1.165) is 6.07 Å². The monoisotopic (exact) mass is 340 g/mol. The Balaban J connectivity index is 2.41. The second kappa shape index (κ2) is 6.19. The Kier molecular flexibility index (Phi) is 4.81. The van der Waals surface area contributed by atoms with Gasteiger partial charge in [-0.15, -0.1) is 0 Å². The smallest absolute Gasteiger partial charge is 0.258 e. The Labute approximate surface area is 116 Å². The zero-order chi connectivity index (χ0) is 14.0. The maximum absolute atomic E-state index is 14.0. The molecule has 2 rings (SSSR count). The van der Waals surface area contributed by atoms with Crippen LogP contribution < -0.4 is 5.32 Å². The third-order valence-corrected chi connectivity index (χ3v) is 3.77. The van der Waals surface area contributed by atoms with Crippen LogP contribution in [0.25, 0.3) is 0 Å². The molecule has 1 aromatic rings. The number of hydrogen-bond donors (Lipinski definition) is 1. The van der Waals surface area contributed by atoms with Crippen LogP contribution in [-0.4, -0.2) is 37.5 Å². The molecule has 1 heterocycles. The minimum absolute atomic E-state index is 0.00955. The highest BCUT2D eigenvalue weighted by Gasteiger charge is 2.35. The fraction of sp³-hybridized carbons (Fsp3) is 0.500. The molecular weight excluding hydrogens is 328 g/mol. The number of alkyl halides is 2. The van der Waals surface area contributed by atoms with Crippen molar-refractivity contribution in [2.75, 3.05) is 26.2 Å². The molecule has 0 radical (unpaired) electrons. The molecule has 106 valence electrons. The van der Waals surface area contributed by atoms with Crippen LogP contribution in [0.5, 0.6) is 0 Å². The number of nitrogens with zero attached hydrogens (tertiary/aromatic N) is 1. The molecule has 19 heavy (non-hydrogen) atoms. The van der Waals surface area contributed by atoms with Crippen molar-refractivity contribution >= 4 is 15.9 Å². The molecule has 0 amide bonds. The highest BCUT2D eigenvalue weighted by atomic mass is 79.9. The van der Waals surface area contributed by atoms with Gasteiger partial charge in [0.2, 0.25) is 0 Å². The number of benzene rings is 1. The van der Waals surface area contributed by atoms with Gasteiger partial charge in [0, 0.05) is 31.7 Å². The first-order valence-electron chi connectivity index (χ1n) is 5.88. The third kappa shape index (κ3) is 3.09. The van der Waals surface area contributed by atoms with E-state index in [0.29, 0.717) is 26.2 Å². The molecule has 1 atom stereocenters. The van der Waals surface area contributed by atoms with Crippen molar-refractivity contribution in [3.8, 4) is 0 Å². The minimum atomic E-state index is -2.85. The number of piperazine rings is 1. The predicted octanol–water partition coefficient (Wildman–Crippen LogP) is 2.94. The standard InChI is InChI=1S/C12H13BrF4N2/c13-7-1-2-8(14)9(10(7)15)11(12(16)17)19-5-3-18-4-6-19/h1-2,11-12,18H,3-6H2/t11-/m0/s1. The van der Waals surface area contributed by atoms with Crippen LogP contribution in [0.3, 0.4) is 0 Å². The quantitative estimate of drug-likeness (QED) is 0.672. The minimum Gasteiger partial charge on any atom is -0.314 e. The first kappa shape index (κ1) is 14.7. The van der Waals surface area contributed by atoms with E-state index in [4.69, 9.17) is 0 Å². The normalized spacial score (nSPS) is 18.8. The van der Waals surface area contributed by atoms with E-state index in [-0.39, 0.29) is 4.47 Å². The van der Waals surface area contributed by atoms with Crippen molar-refractivity contribution < 1.29 is 17.6 Å². The van der Waals surface area contributed by atoms with E-state index in [1.807, 2.05) is 0 Å². The molecule has 1 aromatic carbocycles. The van der Waals surface area contributed by atoms with Gasteiger partial charge in [-0.2, -0.15) is 0 Å². The average molecular weight is 341 g/mol. The van der Waals surface area contributed by atoms with Gasteiger partial charge in [0.15, 0.2) is 0 Å². The Morgan fingerprint density at radius 2 is 1.79 bits per heavy atom. The van der Waals surface area contributed by atoms with E-state index >= 15 is 0 Å². The molecular formula is C12H13BrF4N2. The lowest BCUT2D eigenvalue weighted by Crippen LogP contribution is -2.47. The number of halogens is 5. The SMILES string of the molecule is Fc1ccc(Br)c(F)c1[C@@H](C(F)F)N1CCNCC1. The Morgan fingerprint density at radius 3 is 2.37 bits per heavy atom. The average Bonchev–Trinajstić information content (AvgIpc) is 2.39. The topological polar surface area (TPSA) is 15.3 Å². The maximum atomic E-state index is 14.0. The lowest BCUT2D eigenvalue weighted by atomic mass is 10.0. The van der Waals surface area contributed by atoms with Crippen molar-refractivity contribution in [1.82, 2.24) is 10.2 Å². The van der Waals surface area contributed by atoms with Crippen LogP contribution in [0.15, 0.2) is 16.6 Å². The van der Waals surface area contributed by atoms with Crippen molar-refractivity contribution in [2.45, 2.75) is 12.5 Å². The summed E-state index contributed by atoms with van der Waals surface area (Å²) < 4.78 is 54.2. The van der Waals surface area contributed by atoms with Gasteiger partial charge in [-0.25, -0.2) is 17.6 Å². The van der Waals surface area contributed by atoms with Crippen LogP contribution >= 0.6 is 15.9 Å². The van der Waals surface area contributed by atoms with Crippen molar-refractivity contribution in [2.24, 2.45) is 0 Å². The maximum Gasteiger partial charge on any atom is 0.258 e. The van der Waals surface area contributed by atoms with Crippen molar-refractivity contribution in [1.29, 1.82) is 0 Å². The summed E-state index contributed by atoms with van der Waals surface area (Å²) in [5.41, 5.74) is -0.564. The van der Waals surface area contributed by atoms with Gasteiger partial charge in [0.05, 0.1) is 4.47 Å². The van der Waals surface area contributed by atoms with Crippen molar-refractivity contribution in [3.05, 3.63) is 33.8 Å². The van der Waals surface area contributed by atoms with Gasteiger partial charge in [-0.1, -0.05) is 0 Å². The summed E-state index contributed by atoms with van der Waals surface area (Å²) in [6, 6.07) is 0.619. The Bertz CT molecular complexity index is 450. The lowest BCUT2D eigenvalue weighted by Gasteiger charge is -2.35. The molecule has 7 heteroatoms. The number of nitrogens with one attached hydrogen (secondary N) is 1. The number of hydrogen-bond acceptors (Lipinski definition) is 2. The molecule has 0 spiro atoms. The van der Waals surface area contributed by atoms with Crippen LogP contribution in [0.1, 0.15) is 11.6 Å². The molecule has 0 aromatic heterocycles. The van der Waals surface area contributed by atoms with E-state index < -0.39 is 29.7 Å². The fourth-order valence-electron chi connectivity index (χ4n) is 2.24. The summed E-state index contributed by atoms with van der Waals surface area (Å²) in [6.45, 7) is 1.72. The zero-order valence-electron chi connectivity index (χ0n) is 9.97. The molecule has 1 fully saturated rings. The largest absolute Gasteiger partial charge is 0.314 e. The van der Waals surface area contributed by atoms with Crippen LogP contribution in [0.4, 0.5) is 17.6 Å². The zero-order valence-corrected chi connectivity index (χ0v) is 11.6. The molecule has 1 saturated heterocycles. The van der Waals surface area contributed by atoms with Gasteiger partial charge in [-0.05, 0) is 28.1 Å². The summed E-state index contributed by atoms with van der Waals surface area (Å²) in [6.07, 6.45) is -2.85. The van der Waals surface area contributed by atoms with Gasteiger partial charge < -0.3 is 5.32 Å². The summed E-state index contributed by atoms with van der Waals surface area (Å²) in [4.78, 5) is 1.41. The second-order valence-electron chi connectivity index (χ2n) is 4.32. The fourth-order valence-corrected chi connectivity index (χ4v) is 2.59. The molecule has 2 nitrogen and oxygen atoms in total. The lowest BCUT2D eigenvalue weighted by molar-refractivity contribution is 0.0144. The van der Waals surface area contributed by atoms with E-state index in [1.54, 1.807) is 0 Å². The highest BCUT2D eigenvalue weighted by Crippen LogP contribution is 2.34. The molecule has 1 N–H and O–H groups in total. The Morgan fingerprint density at radius 1 is 1.16 bits per heavy atom. The third-order valence-electron chi connectivity index (χ3n) is 3.16. The van der Waals surface area contributed by atoms with E-state index in [2.05, 4.69) is 21.2 Å². The van der Waals surface area contributed by atoms with Gasteiger partial charge in [0.1, 0.15) is 17.7 Å². The van der Waals surface area contributed by atoms with E-state index in [1.165, 1.54) is 11.0 Å². The van der Waals surface area contributed by atoms with Crippen LogP contribution in [0.2, 0.25) is 0 Å². The van der Waals surface area contributed by atoms with Crippen LogP contribution in [0, 0.1) is 11.6 Å². The molecule has 0 unspecified atom stereocenters. The molecule has 1 aliphatic heterocycles. The molecule has 0 saturated carbocycles. The predicted molar refractivity (Wildman–Crippen MR) is 67.2 cm³/mol. The van der Waals surface area contributed by atoms with Gasteiger partial charge >= 0.3 is 0 Å². The first-order chi connectivity index (χ1) is 9.02. The second-order valence-corrected chi connectivity index (χ2v) is 5.18. The van der Waals surface area contributed by atoms with Gasteiger partial charge in [-0.3, -0.25) is 4.90 Å². The first-order valence-corrected chi connectivity index (χ1v) is 6.68. The summed E-state index contributed by atoms with van der Waals surface area (Å²) in [5, 5.41) is 3.02. The van der Waals surface area contributed by atoms with Gasteiger partial charge in [0.25, 0.3) is 6.43 Å². The summed E-state index contributed by atoms with van der Waals surface area (Å²) in [7, 11) is 0. The molecule has 0 bridgehead atoms. The van der Waals surface area contributed by atoms with E-state index in [9.17, 15) is 17.6 Å². The highest BCUT2D eigenvalue weighted by molar-refractivity contribution is 9.10. The van der Waals surface area contributed by atoms with Crippen molar-refractivity contribution in [3.63, 3.8) is 0 Å². The Hall–Kier alpha value is -0.660. The molecule has 0 aliphatic carbocycles. The summed E-state index contributed by atoms with van der Waals surface area (Å²) in [5.74, 6) is -1.90. The van der Waals surface area contributed by atoms with Crippen LogP contribution in [-0.2, 0) is 0 Å². The molecule has 1 aliphatic rings. The number of rotatable bonds is 3.